The maximum absolute atomic E-state index is 13.3. The smallest absolute Gasteiger partial charge is 0.126 e. The second-order valence-corrected chi connectivity index (χ2v) is 5.49. The Hall–Kier alpha value is -1.49. The van der Waals surface area contributed by atoms with E-state index in [1.807, 2.05) is 6.92 Å². The van der Waals surface area contributed by atoms with E-state index < -0.39 is 23.7 Å². The number of aryl methyl sites for hydroxylation is 1. The first-order valence-electron chi connectivity index (χ1n) is 6.52. The van der Waals surface area contributed by atoms with Gasteiger partial charge in [0.2, 0.25) is 0 Å². The predicted octanol–water partition coefficient (Wildman–Crippen LogP) is 3.70. The Labute approximate surface area is 127 Å². The van der Waals surface area contributed by atoms with Crippen LogP contribution in [-0.2, 0) is 0 Å². The molecule has 112 valence electrons. The number of aliphatic hydroxyl groups is 1. The lowest BCUT2D eigenvalue weighted by molar-refractivity contribution is 0.147. The van der Waals surface area contributed by atoms with Crippen molar-refractivity contribution < 1.29 is 13.9 Å². The molecule has 2 nitrogen and oxygen atoms in total. The van der Waals surface area contributed by atoms with E-state index in [9.17, 15) is 13.9 Å². The van der Waals surface area contributed by atoms with Crippen molar-refractivity contribution in [1.29, 1.82) is 0 Å². The summed E-state index contributed by atoms with van der Waals surface area (Å²) in [6.07, 6.45) is -0.992. The van der Waals surface area contributed by atoms with Gasteiger partial charge in [-0.1, -0.05) is 17.7 Å². The van der Waals surface area contributed by atoms with Crippen molar-refractivity contribution in [3.05, 3.63) is 69.7 Å². The zero-order valence-corrected chi connectivity index (χ0v) is 12.2. The molecule has 0 aromatic heterocycles. The predicted molar refractivity (Wildman–Crippen MR) is 79.3 cm³/mol. The number of halogens is 3. The van der Waals surface area contributed by atoms with E-state index in [0.717, 1.165) is 11.6 Å². The van der Waals surface area contributed by atoms with Crippen LogP contribution in [0.3, 0.4) is 0 Å². The first-order valence-corrected chi connectivity index (χ1v) is 6.89. The summed E-state index contributed by atoms with van der Waals surface area (Å²) < 4.78 is 26.7. The van der Waals surface area contributed by atoms with Crippen LogP contribution in [0.4, 0.5) is 8.78 Å². The number of hydrogen-bond acceptors (Lipinski definition) is 2. The van der Waals surface area contributed by atoms with Crippen molar-refractivity contribution >= 4 is 11.6 Å². The van der Waals surface area contributed by atoms with Crippen molar-refractivity contribution in [3.8, 4) is 0 Å². The number of rotatable bonds is 4. The molecule has 5 heteroatoms. The largest absolute Gasteiger partial charge is 0.388 e. The molecule has 0 aliphatic heterocycles. The quantitative estimate of drug-likeness (QED) is 0.904. The number of aliphatic hydroxyl groups excluding tert-OH is 1. The normalized spacial score (nSPS) is 14.0. The number of nitrogens with two attached hydrogens (primary N) is 1. The van der Waals surface area contributed by atoms with Crippen LogP contribution >= 0.6 is 11.6 Å². The molecule has 0 bridgehead atoms. The van der Waals surface area contributed by atoms with E-state index in [-0.39, 0.29) is 6.54 Å². The van der Waals surface area contributed by atoms with Crippen molar-refractivity contribution in [2.24, 2.45) is 5.73 Å². The molecule has 0 amide bonds. The minimum absolute atomic E-state index is 0.0512. The summed E-state index contributed by atoms with van der Waals surface area (Å²) in [5.74, 6) is -2.01. The van der Waals surface area contributed by atoms with Gasteiger partial charge in [-0.2, -0.15) is 0 Å². The molecule has 0 saturated heterocycles. The minimum atomic E-state index is -0.992. The zero-order chi connectivity index (χ0) is 15.6. The fraction of sp³-hybridized carbons (Fsp3) is 0.250. The van der Waals surface area contributed by atoms with E-state index in [1.54, 1.807) is 18.2 Å². The summed E-state index contributed by atoms with van der Waals surface area (Å²) in [7, 11) is 0. The summed E-state index contributed by atoms with van der Waals surface area (Å²) in [5, 5.41) is 11.0. The molecule has 0 saturated carbocycles. The molecule has 0 radical (unpaired) electrons. The van der Waals surface area contributed by atoms with E-state index >= 15 is 0 Å². The molecular formula is C16H16ClF2NO. The summed E-state index contributed by atoms with van der Waals surface area (Å²) in [4.78, 5) is 0. The number of benzene rings is 2. The number of hydrogen-bond donors (Lipinski definition) is 2. The Morgan fingerprint density at radius 3 is 2.19 bits per heavy atom. The van der Waals surface area contributed by atoms with E-state index in [1.165, 1.54) is 12.1 Å². The highest BCUT2D eigenvalue weighted by molar-refractivity contribution is 6.30. The van der Waals surface area contributed by atoms with Crippen LogP contribution < -0.4 is 5.73 Å². The van der Waals surface area contributed by atoms with Crippen LogP contribution in [0.15, 0.2) is 36.4 Å². The Balaban J connectivity index is 2.40. The van der Waals surface area contributed by atoms with E-state index in [4.69, 9.17) is 17.3 Å². The molecule has 2 unspecified atom stereocenters. The Morgan fingerprint density at radius 2 is 1.67 bits per heavy atom. The highest BCUT2D eigenvalue weighted by atomic mass is 35.5. The van der Waals surface area contributed by atoms with Gasteiger partial charge in [-0.3, -0.25) is 0 Å². The van der Waals surface area contributed by atoms with Gasteiger partial charge in [0, 0.05) is 23.6 Å². The molecule has 2 atom stereocenters. The second kappa shape index (κ2) is 6.52. The molecule has 0 heterocycles. The van der Waals surface area contributed by atoms with Gasteiger partial charge in [-0.15, -0.1) is 0 Å². The average molecular weight is 312 g/mol. The lowest BCUT2D eigenvalue weighted by atomic mass is 9.88. The Bertz CT molecular complexity index is 608. The molecule has 3 N–H and O–H groups in total. The summed E-state index contributed by atoms with van der Waals surface area (Å²) in [6.45, 7) is 1.90. The third-order valence-electron chi connectivity index (χ3n) is 3.35. The SMILES string of the molecule is Cc1cc(Cl)cc(C(O)C(CN)c2cc(F)cc(F)c2)c1. The van der Waals surface area contributed by atoms with Crippen molar-refractivity contribution in [2.75, 3.05) is 6.54 Å². The topological polar surface area (TPSA) is 46.2 Å². The van der Waals surface area contributed by atoms with Crippen LogP contribution in [0.1, 0.15) is 28.7 Å². The fourth-order valence-electron chi connectivity index (χ4n) is 2.40. The van der Waals surface area contributed by atoms with E-state index in [2.05, 4.69) is 0 Å². The Kier molecular flexibility index (Phi) is 4.93. The van der Waals surface area contributed by atoms with Crippen LogP contribution in [0.5, 0.6) is 0 Å². The van der Waals surface area contributed by atoms with Gasteiger partial charge in [-0.05, 0) is 47.9 Å². The molecule has 0 aliphatic carbocycles. The molecule has 21 heavy (non-hydrogen) atoms. The summed E-state index contributed by atoms with van der Waals surface area (Å²) >= 11 is 5.98. The van der Waals surface area contributed by atoms with Gasteiger partial charge in [0.05, 0.1) is 6.10 Å². The molecule has 2 aromatic carbocycles. The average Bonchev–Trinajstić information content (AvgIpc) is 2.37. The van der Waals surface area contributed by atoms with Crippen LogP contribution in [-0.4, -0.2) is 11.7 Å². The van der Waals surface area contributed by atoms with Crippen molar-refractivity contribution in [2.45, 2.75) is 18.9 Å². The highest BCUT2D eigenvalue weighted by Gasteiger charge is 2.23. The standard InChI is InChI=1S/C16H16ClF2NO/c1-9-2-11(4-12(17)3-9)16(21)15(8-20)10-5-13(18)7-14(19)6-10/h2-7,15-16,21H,8,20H2,1H3. The third kappa shape index (κ3) is 3.79. The van der Waals surface area contributed by atoms with Crippen LogP contribution in [0.25, 0.3) is 0 Å². The highest BCUT2D eigenvalue weighted by Crippen LogP contribution is 2.32. The van der Waals surface area contributed by atoms with E-state index in [0.29, 0.717) is 16.1 Å². The maximum atomic E-state index is 13.3. The molecule has 0 fully saturated rings. The fourth-order valence-corrected chi connectivity index (χ4v) is 2.70. The Morgan fingerprint density at radius 1 is 1.05 bits per heavy atom. The van der Waals surface area contributed by atoms with Gasteiger partial charge in [0.1, 0.15) is 11.6 Å². The van der Waals surface area contributed by atoms with Crippen molar-refractivity contribution in [1.82, 2.24) is 0 Å². The van der Waals surface area contributed by atoms with Gasteiger partial charge >= 0.3 is 0 Å². The molecule has 0 spiro atoms. The zero-order valence-electron chi connectivity index (χ0n) is 11.5. The summed E-state index contributed by atoms with van der Waals surface area (Å²) in [5.41, 5.74) is 7.46. The van der Waals surface area contributed by atoms with Crippen LogP contribution in [0.2, 0.25) is 5.02 Å². The lowest BCUT2D eigenvalue weighted by Crippen LogP contribution is -2.20. The van der Waals surface area contributed by atoms with Crippen molar-refractivity contribution in [3.63, 3.8) is 0 Å². The molecular weight excluding hydrogens is 296 g/mol. The first kappa shape index (κ1) is 15.9. The second-order valence-electron chi connectivity index (χ2n) is 5.05. The molecule has 2 aromatic rings. The van der Waals surface area contributed by atoms with Gasteiger partial charge in [-0.25, -0.2) is 8.78 Å². The minimum Gasteiger partial charge on any atom is -0.388 e. The van der Waals surface area contributed by atoms with Gasteiger partial charge in [0.25, 0.3) is 0 Å². The third-order valence-corrected chi connectivity index (χ3v) is 3.57. The lowest BCUT2D eigenvalue weighted by Gasteiger charge is -2.23. The molecule has 2 rings (SSSR count). The van der Waals surface area contributed by atoms with Crippen LogP contribution in [0, 0.1) is 18.6 Å². The van der Waals surface area contributed by atoms with Gasteiger partial charge < -0.3 is 10.8 Å². The first-order chi connectivity index (χ1) is 9.90. The monoisotopic (exact) mass is 311 g/mol. The summed E-state index contributed by atoms with van der Waals surface area (Å²) in [6, 6.07) is 8.30. The maximum Gasteiger partial charge on any atom is 0.126 e. The molecule has 0 aliphatic rings. The van der Waals surface area contributed by atoms with Gasteiger partial charge in [0.15, 0.2) is 0 Å².